The van der Waals surface area contributed by atoms with Crippen LogP contribution < -0.4 is 10.1 Å². The minimum absolute atomic E-state index is 0.0974. The maximum absolute atomic E-state index is 12.6. The van der Waals surface area contributed by atoms with E-state index in [1.807, 2.05) is 51.1 Å². The number of carbonyl (C=O) groups excluding carboxylic acids is 1. The first-order valence-electron chi connectivity index (χ1n) is 10.5. The lowest BCUT2D eigenvalue weighted by Gasteiger charge is -2.35. The summed E-state index contributed by atoms with van der Waals surface area (Å²) in [5, 5.41) is 7.24. The number of ether oxygens (including phenoxy) is 2. The summed E-state index contributed by atoms with van der Waals surface area (Å²) in [4.78, 5) is 16.9. The van der Waals surface area contributed by atoms with Crippen LogP contribution in [0.15, 0.2) is 53.2 Å². The summed E-state index contributed by atoms with van der Waals surface area (Å²) in [5.41, 5.74) is 2.88. The van der Waals surface area contributed by atoms with Gasteiger partial charge in [-0.05, 0) is 39.7 Å². The molecule has 1 saturated heterocycles. The Morgan fingerprint density at radius 1 is 1.23 bits per heavy atom. The highest BCUT2D eigenvalue weighted by atomic mass is 16.5. The number of nitrogens with zero attached hydrogens (tertiary/aromatic N) is 2. The van der Waals surface area contributed by atoms with E-state index in [2.05, 4.69) is 15.5 Å². The number of aromatic nitrogens is 2. The van der Waals surface area contributed by atoms with E-state index < -0.39 is 0 Å². The Balaban J connectivity index is 1.38. The average molecular weight is 421 g/mol. The second-order valence-corrected chi connectivity index (χ2v) is 8.38. The number of pyridine rings is 1. The van der Waals surface area contributed by atoms with Crippen LogP contribution in [0.2, 0.25) is 0 Å². The molecule has 31 heavy (non-hydrogen) atoms. The fourth-order valence-electron chi connectivity index (χ4n) is 3.75. The number of nitrogens with one attached hydrogen (secondary N) is 1. The van der Waals surface area contributed by atoms with E-state index in [1.54, 1.807) is 12.1 Å². The average Bonchev–Trinajstić information content (AvgIpc) is 3.13. The molecule has 1 aliphatic heterocycles. The third-order valence-corrected chi connectivity index (χ3v) is 5.43. The molecule has 1 amide bonds. The smallest absolute Gasteiger partial charge is 0.253 e. The summed E-state index contributed by atoms with van der Waals surface area (Å²) in [6.45, 7) is 6.86. The SMILES string of the molecule is Cc1onc(-c2ccccc2)c1COc1ccc(C(=O)N[C@@H]2CCOC(C)(C)C2)cn1. The molecule has 0 aliphatic carbocycles. The van der Waals surface area contributed by atoms with E-state index in [-0.39, 0.29) is 24.2 Å². The Kier molecular flexibility index (Phi) is 6.04. The van der Waals surface area contributed by atoms with Crippen molar-refractivity contribution in [1.82, 2.24) is 15.5 Å². The molecule has 7 heteroatoms. The van der Waals surface area contributed by atoms with Crippen molar-refractivity contribution in [3.63, 3.8) is 0 Å². The van der Waals surface area contributed by atoms with Gasteiger partial charge in [-0.25, -0.2) is 4.98 Å². The van der Waals surface area contributed by atoms with Crippen LogP contribution in [0.1, 0.15) is 48.4 Å². The largest absolute Gasteiger partial charge is 0.473 e. The van der Waals surface area contributed by atoms with Crippen LogP contribution in [0.5, 0.6) is 5.88 Å². The zero-order valence-corrected chi connectivity index (χ0v) is 18.1. The molecule has 0 radical (unpaired) electrons. The number of carbonyl (C=O) groups is 1. The van der Waals surface area contributed by atoms with Gasteiger partial charge in [-0.2, -0.15) is 0 Å². The van der Waals surface area contributed by atoms with Gasteiger partial charge in [0, 0.05) is 30.5 Å². The summed E-state index contributed by atoms with van der Waals surface area (Å²) in [6, 6.07) is 13.3. The standard InChI is InChI=1S/C24H27N3O4/c1-16-20(22(27-31-16)17-7-5-4-6-8-17)15-29-21-10-9-18(14-25-21)23(28)26-19-11-12-30-24(2,3)13-19/h4-10,14,19H,11-13,15H2,1-3H3,(H,26,28)/t19-/m1/s1. The zero-order valence-electron chi connectivity index (χ0n) is 18.1. The van der Waals surface area contributed by atoms with Crippen LogP contribution in [0, 0.1) is 6.92 Å². The number of amides is 1. The highest BCUT2D eigenvalue weighted by molar-refractivity contribution is 5.94. The van der Waals surface area contributed by atoms with Gasteiger partial charge in [-0.3, -0.25) is 4.79 Å². The fraction of sp³-hybridized carbons (Fsp3) is 0.375. The number of rotatable bonds is 6. The summed E-state index contributed by atoms with van der Waals surface area (Å²) >= 11 is 0. The number of benzene rings is 1. The van der Waals surface area contributed by atoms with Crippen LogP contribution in [-0.4, -0.2) is 34.3 Å². The van der Waals surface area contributed by atoms with Gasteiger partial charge < -0.3 is 19.3 Å². The van der Waals surface area contributed by atoms with E-state index in [4.69, 9.17) is 14.0 Å². The fourth-order valence-corrected chi connectivity index (χ4v) is 3.75. The monoisotopic (exact) mass is 421 g/mol. The van der Waals surface area contributed by atoms with E-state index in [0.717, 1.165) is 29.7 Å². The van der Waals surface area contributed by atoms with Crippen molar-refractivity contribution >= 4 is 5.91 Å². The van der Waals surface area contributed by atoms with Gasteiger partial charge in [-0.15, -0.1) is 0 Å². The molecular formula is C24H27N3O4. The molecule has 1 atom stereocenters. The first-order chi connectivity index (χ1) is 14.9. The predicted molar refractivity (Wildman–Crippen MR) is 116 cm³/mol. The van der Waals surface area contributed by atoms with Crippen LogP contribution in [0.4, 0.5) is 0 Å². The van der Waals surface area contributed by atoms with Gasteiger partial charge in [-0.1, -0.05) is 35.5 Å². The van der Waals surface area contributed by atoms with Gasteiger partial charge in [0.15, 0.2) is 0 Å². The van der Waals surface area contributed by atoms with Crippen molar-refractivity contribution in [2.24, 2.45) is 0 Å². The Morgan fingerprint density at radius 3 is 2.74 bits per heavy atom. The molecule has 0 spiro atoms. The first-order valence-corrected chi connectivity index (χ1v) is 10.5. The molecule has 162 valence electrons. The lowest BCUT2D eigenvalue weighted by atomic mass is 9.94. The molecule has 3 heterocycles. The second-order valence-electron chi connectivity index (χ2n) is 8.38. The van der Waals surface area contributed by atoms with Crippen molar-refractivity contribution in [3.8, 4) is 17.1 Å². The quantitative estimate of drug-likeness (QED) is 0.638. The molecule has 1 aliphatic rings. The van der Waals surface area contributed by atoms with Gasteiger partial charge in [0.2, 0.25) is 5.88 Å². The van der Waals surface area contributed by atoms with Crippen molar-refractivity contribution in [2.75, 3.05) is 6.61 Å². The third kappa shape index (κ3) is 5.11. The molecule has 1 N–H and O–H groups in total. The van der Waals surface area contributed by atoms with Gasteiger partial charge >= 0.3 is 0 Å². The molecule has 0 unspecified atom stereocenters. The summed E-state index contributed by atoms with van der Waals surface area (Å²) in [5.74, 6) is 1.00. The zero-order chi connectivity index (χ0) is 21.8. The van der Waals surface area contributed by atoms with Crippen molar-refractivity contribution in [3.05, 3.63) is 65.5 Å². The number of aryl methyl sites for hydroxylation is 1. The molecular weight excluding hydrogens is 394 g/mol. The van der Waals surface area contributed by atoms with E-state index in [0.29, 0.717) is 23.8 Å². The minimum Gasteiger partial charge on any atom is -0.473 e. The summed E-state index contributed by atoms with van der Waals surface area (Å²) < 4.78 is 16.9. The lowest BCUT2D eigenvalue weighted by molar-refractivity contribution is -0.0615. The Bertz CT molecular complexity index is 1030. The molecule has 7 nitrogen and oxygen atoms in total. The topological polar surface area (TPSA) is 86.5 Å². The maximum atomic E-state index is 12.6. The van der Waals surface area contributed by atoms with E-state index in [1.165, 1.54) is 6.20 Å². The normalized spacial score (nSPS) is 17.8. The van der Waals surface area contributed by atoms with Crippen LogP contribution in [0.25, 0.3) is 11.3 Å². The van der Waals surface area contributed by atoms with Gasteiger partial charge in [0.25, 0.3) is 5.91 Å². The summed E-state index contributed by atoms with van der Waals surface area (Å²) in [6.07, 6.45) is 3.13. The first kappa shape index (κ1) is 21.1. The van der Waals surface area contributed by atoms with Crippen molar-refractivity contribution in [1.29, 1.82) is 0 Å². The highest BCUT2D eigenvalue weighted by Gasteiger charge is 2.29. The van der Waals surface area contributed by atoms with Crippen molar-refractivity contribution in [2.45, 2.75) is 51.9 Å². The van der Waals surface area contributed by atoms with Crippen molar-refractivity contribution < 1.29 is 18.8 Å². The highest BCUT2D eigenvalue weighted by Crippen LogP contribution is 2.26. The molecule has 0 bridgehead atoms. The number of hydrogen-bond donors (Lipinski definition) is 1. The Labute approximate surface area is 181 Å². The molecule has 0 saturated carbocycles. The predicted octanol–water partition coefficient (Wildman–Crippen LogP) is 4.31. The Morgan fingerprint density at radius 2 is 2.03 bits per heavy atom. The van der Waals surface area contributed by atoms with E-state index in [9.17, 15) is 4.79 Å². The molecule has 1 fully saturated rings. The van der Waals surface area contributed by atoms with Crippen LogP contribution >= 0.6 is 0 Å². The van der Waals surface area contributed by atoms with Crippen LogP contribution in [-0.2, 0) is 11.3 Å². The lowest BCUT2D eigenvalue weighted by Crippen LogP contribution is -2.45. The molecule has 2 aromatic heterocycles. The molecule has 4 rings (SSSR count). The van der Waals surface area contributed by atoms with E-state index >= 15 is 0 Å². The summed E-state index contributed by atoms with van der Waals surface area (Å²) in [7, 11) is 0. The number of hydrogen-bond acceptors (Lipinski definition) is 6. The van der Waals surface area contributed by atoms with Gasteiger partial charge in [0.05, 0.1) is 16.7 Å². The third-order valence-electron chi connectivity index (χ3n) is 5.43. The molecule has 3 aromatic rings. The molecule has 1 aromatic carbocycles. The second kappa shape index (κ2) is 8.89. The van der Waals surface area contributed by atoms with Crippen LogP contribution in [0.3, 0.4) is 0 Å². The minimum atomic E-state index is -0.217. The maximum Gasteiger partial charge on any atom is 0.253 e. The Hall–Kier alpha value is -3.19. The van der Waals surface area contributed by atoms with Gasteiger partial charge in [0.1, 0.15) is 18.1 Å².